The molecule has 0 bridgehead atoms. The average Bonchev–Trinajstić information content (AvgIpc) is 3.13. The summed E-state index contributed by atoms with van der Waals surface area (Å²) in [7, 11) is -4.28. The van der Waals surface area contributed by atoms with E-state index in [1.54, 1.807) is 6.92 Å². The Labute approximate surface area is 324 Å². The lowest BCUT2D eigenvalue weighted by atomic mass is 10.0. The number of phosphoric acid groups is 1. The van der Waals surface area contributed by atoms with Gasteiger partial charge in [-0.3, -0.25) is 18.6 Å². The van der Waals surface area contributed by atoms with E-state index in [-0.39, 0.29) is 32.0 Å². The van der Waals surface area contributed by atoms with Crippen LogP contribution in [0.4, 0.5) is 0 Å². The number of phosphoric ester groups is 1. The van der Waals surface area contributed by atoms with Gasteiger partial charge in [0.25, 0.3) is 0 Å². The van der Waals surface area contributed by atoms with Gasteiger partial charge in [0.15, 0.2) is 6.10 Å². The molecular formula is C44H77O8P. The van der Waals surface area contributed by atoms with Gasteiger partial charge in [0, 0.05) is 12.8 Å². The molecule has 0 fully saturated rings. The monoisotopic (exact) mass is 765 g/mol. The van der Waals surface area contributed by atoms with E-state index in [0.717, 1.165) is 96.3 Å². The topological polar surface area (TPSA) is 108 Å². The van der Waals surface area contributed by atoms with Crippen LogP contribution in [0.3, 0.4) is 0 Å². The first-order chi connectivity index (χ1) is 25.8. The Hall–Kier alpha value is -2.25. The number of rotatable bonds is 38. The van der Waals surface area contributed by atoms with Gasteiger partial charge in [0.1, 0.15) is 6.61 Å². The van der Waals surface area contributed by atoms with Crippen molar-refractivity contribution in [1.82, 2.24) is 0 Å². The Kier molecular flexibility index (Phi) is 37.8. The normalized spacial score (nSPS) is 14.0. The van der Waals surface area contributed by atoms with Crippen LogP contribution in [0.15, 0.2) is 60.8 Å². The highest BCUT2D eigenvalue weighted by Crippen LogP contribution is 2.43. The van der Waals surface area contributed by atoms with Crippen LogP contribution in [0.25, 0.3) is 0 Å². The summed E-state index contributed by atoms with van der Waals surface area (Å²) in [5.74, 6) is -0.819. The van der Waals surface area contributed by atoms with E-state index in [1.165, 1.54) is 44.9 Å². The number of carbonyl (C=O) groups excluding carboxylic acids is 2. The maximum Gasteiger partial charge on any atom is 0.472 e. The summed E-state index contributed by atoms with van der Waals surface area (Å²) < 4.78 is 32.6. The summed E-state index contributed by atoms with van der Waals surface area (Å²) in [5, 5.41) is 0. The Morgan fingerprint density at radius 1 is 0.528 bits per heavy atom. The molecule has 0 rings (SSSR count). The van der Waals surface area contributed by atoms with Gasteiger partial charge in [0.05, 0.1) is 13.2 Å². The molecule has 0 saturated heterocycles. The van der Waals surface area contributed by atoms with Crippen LogP contribution in [0.5, 0.6) is 0 Å². The lowest BCUT2D eigenvalue weighted by Crippen LogP contribution is -2.29. The molecule has 0 aromatic rings. The molecule has 2 atom stereocenters. The lowest BCUT2D eigenvalue weighted by molar-refractivity contribution is -0.161. The lowest BCUT2D eigenvalue weighted by Gasteiger charge is -2.19. The summed E-state index contributed by atoms with van der Waals surface area (Å²) in [6.45, 7) is 5.27. The van der Waals surface area contributed by atoms with Crippen molar-refractivity contribution in [2.75, 3.05) is 19.8 Å². The number of carbonyl (C=O) groups is 2. The quantitative estimate of drug-likeness (QED) is 0.0286. The number of hydrogen-bond acceptors (Lipinski definition) is 7. The van der Waals surface area contributed by atoms with E-state index in [1.807, 2.05) is 0 Å². The maximum absolute atomic E-state index is 12.5. The van der Waals surface area contributed by atoms with Crippen LogP contribution in [0.2, 0.25) is 0 Å². The standard InChI is InChI=1S/C44H77O8P/c1-4-7-9-11-13-15-17-18-19-20-21-22-23-24-25-26-27-28-29-31-33-35-37-39-44(46)52-42(41-51-53(47,48)50-6-3)40-49-43(45)38-36-34-32-30-16-14-12-10-8-5-2/h7,9-10,12-13,15,18-19,21-22,42H,4-6,8,11,14,16-17,20,23-41H2,1-3H3,(H,47,48)/b9-7-,12-10-,15-13-,19-18-,22-21-. The fourth-order valence-electron chi connectivity index (χ4n) is 5.50. The SMILES string of the molecule is CC/C=C\C/C=C\C/C=C\C/C=C\CCCCCCCCCCCCC(=O)OC(COC(=O)CCCCCCC/C=C\CCC)COP(=O)(O)OCC. The highest BCUT2D eigenvalue weighted by molar-refractivity contribution is 7.47. The van der Waals surface area contributed by atoms with Crippen molar-refractivity contribution in [1.29, 1.82) is 0 Å². The molecule has 0 radical (unpaired) electrons. The molecule has 0 heterocycles. The Morgan fingerprint density at radius 3 is 1.47 bits per heavy atom. The number of allylic oxidation sites excluding steroid dienone is 10. The highest BCUT2D eigenvalue weighted by atomic mass is 31.2. The van der Waals surface area contributed by atoms with Crippen molar-refractivity contribution >= 4 is 19.8 Å². The first-order valence-electron chi connectivity index (χ1n) is 21.1. The predicted octanol–water partition coefficient (Wildman–Crippen LogP) is 13.2. The summed E-state index contributed by atoms with van der Waals surface area (Å²) in [5.41, 5.74) is 0. The van der Waals surface area contributed by atoms with Gasteiger partial charge in [-0.1, -0.05) is 152 Å². The zero-order valence-corrected chi connectivity index (χ0v) is 34.8. The second kappa shape index (κ2) is 39.4. The first-order valence-corrected chi connectivity index (χ1v) is 22.6. The summed E-state index contributed by atoms with van der Waals surface area (Å²) in [4.78, 5) is 34.6. The van der Waals surface area contributed by atoms with Crippen LogP contribution >= 0.6 is 7.82 Å². The average molecular weight is 765 g/mol. The van der Waals surface area contributed by atoms with E-state index in [2.05, 4.69) is 74.6 Å². The Balaban J connectivity index is 4.03. The fourth-order valence-corrected chi connectivity index (χ4v) is 6.26. The van der Waals surface area contributed by atoms with E-state index >= 15 is 0 Å². The van der Waals surface area contributed by atoms with E-state index in [0.29, 0.717) is 6.42 Å². The molecule has 9 heteroatoms. The molecule has 0 aromatic heterocycles. The number of unbranched alkanes of at least 4 members (excludes halogenated alkanes) is 16. The van der Waals surface area contributed by atoms with Gasteiger partial charge in [-0.15, -0.1) is 0 Å². The van der Waals surface area contributed by atoms with Crippen molar-refractivity contribution in [3.05, 3.63) is 60.8 Å². The molecule has 306 valence electrons. The second-order valence-corrected chi connectivity index (χ2v) is 15.1. The van der Waals surface area contributed by atoms with Crippen LogP contribution < -0.4 is 0 Å². The van der Waals surface area contributed by atoms with E-state index < -0.39 is 26.5 Å². The van der Waals surface area contributed by atoms with Crippen LogP contribution in [0.1, 0.15) is 181 Å². The van der Waals surface area contributed by atoms with Crippen molar-refractivity contribution in [3.8, 4) is 0 Å². The third-order valence-corrected chi connectivity index (χ3v) is 9.60. The summed E-state index contributed by atoms with van der Waals surface area (Å²) in [6.07, 6.45) is 47.1. The van der Waals surface area contributed by atoms with Gasteiger partial charge in [0.2, 0.25) is 0 Å². The molecule has 1 N–H and O–H groups in total. The van der Waals surface area contributed by atoms with Gasteiger partial charge in [-0.25, -0.2) is 4.57 Å². The van der Waals surface area contributed by atoms with E-state index in [4.69, 9.17) is 18.5 Å². The molecule has 0 saturated carbocycles. The third kappa shape index (κ3) is 39.3. The number of hydrogen-bond donors (Lipinski definition) is 1. The number of esters is 2. The zero-order chi connectivity index (χ0) is 38.9. The Bertz CT molecular complexity index is 1050. The third-order valence-electron chi connectivity index (χ3n) is 8.54. The fraction of sp³-hybridized carbons (Fsp3) is 0.727. The first kappa shape index (κ1) is 50.8. The van der Waals surface area contributed by atoms with Gasteiger partial charge in [-0.2, -0.15) is 0 Å². The molecule has 0 aliphatic rings. The van der Waals surface area contributed by atoms with Crippen molar-refractivity contribution < 1.29 is 37.6 Å². The van der Waals surface area contributed by atoms with Crippen molar-refractivity contribution in [2.24, 2.45) is 0 Å². The highest BCUT2D eigenvalue weighted by Gasteiger charge is 2.25. The largest absolute Gasteiger partial charge is 0.472 e. The van der Waals surface area contributed by atoms with Crippen molar-refractivity contribution in [3.63, 3.8) is 0 Å². The van der Waals surface area contributed by atoms with Crippen LogP contribution in [-0.2, 0) is 32.7 Å². The molecule has 53 heavy (non-hydrogen) atoms. The van der Waals surface area contributed by atoms with Crippen LogP contribution in [-0.4, -0.2) is 42.8 Å². The number of ether oxygens (including phenoxy) is 2. The molecule has 0 amide bonds. The molecule has 0 spiro atoms. The smallest absolute Gasteiger partial charge is 0.462 e. The van der Waals surface area contributed by atoms with Crippen molar-refractivity contribution in [2.45, 2.75) is 187 Å². The van der Waals surface area contributed by atoms with Gasteiger partial charge in [-0.05, 0) is 77.6 Å². The maximum atomic E-state index is 12.5. The summed E-state index contributed by atoms with van der Waals surface area (Å²) >= 11 is 0. The molecule has 0 aromatic carbocycles. The molecule has 2 unspecified atom stereocenters. The van der Waals surface area contributed by atoms with Gasteiger partial charge >= 0.3 is 19.8 Å². The van der Waals surface area contributed by atoms with Crippen LogP contribution in [0, 0.1) is 0 Å². The minimum absolute atomic E-state index is 0.00394. The molecule has 8 nitrogen and oxygen atoms in total. The minimum atomic E-state index is -4.28. The van der Waals surface area contributed by atoms with Gasteiger partial charge < -0.3 is 14.4 Å². The molecular weight excluding hydrogens is 687 g/mol. The second-order valence-electron chi connectivity index (χ2n) is 13.6. The van der Waals surface area contributed by atoms with E-state index in [9.17, 15) is 19.0 Å². The molecule has 0 aliphatic carbocycles. The molecule has 0 aliphatic heterocycles. The zero-order valence-electron chi connectivity index (χ0n) is 33.9. The Morgan fingerprint density at radius 2 is 0.962 bits per heavy atom. The predicted molar refractivity (Wildman–Crippen MR) is 221 cm³/mol. The minimum Gasteiger partial charge on any atom is -0.462 e. The summed E-state index contributed by atoms with van der Waals surface area (Å²) in [6, 6.07) is 0.